The highest BCUT2D eigenvalue weighted by Crippen LogP contribution is 2.29. The Morgan fingerprint density at radius 2 is 1.75 bits per heavy atom. The van der Waals surface area contributed by atoms with Crippen LogP contribution in [0.15, 0.2) is 48.5 Å². The van der Waals surface area contributed by atoms with Gasteiger partial charge in [-0.15, -0.1) is 0 Å². The number of nitrogens with one attached hydrogen (secondary N) is 1. The van der Waals surface area contributed by atoms with Crippen molar-refractivity contribution in [2.75, 3.05) is 30.8 Å². The summed E-state index contributed by atoms with van der Waals surface area (Å²) < 4.78 is 45.5. The molecule has 2 aromatic carbocycles. The van der Waals surface area contributed by atoms with Crippen LogP contribution in [0.4, 0.5) is 10.1 Å². The van der Waals surface area contributed by atoms with Gasteiger partial charge in [0.05, 0.1) is 19.1 Å². The van der Waals surface area contributed by atoms with Crippen LogP contribution in [-0.2, 0) is 26.2 Å². The topological polar surface area (TPSA) is 96.0 Å². The number of carbonyl (C=O) groups excluding carboxylic acids is 2. The number of para-hydroxylation sites is 2. The summed E-state index contributed by atoms with van der Waals surface area (Å²) in [4.78, 5) is 26.9. The predicted molar refractivity (Wildman–Crippen MR) is 120 cm³/mol. The Bertz CT molecular complexity index is 1060. The van der Waals surface area contributed by atoms with Crippen molar-refractivity contribution in [1.82, 2.24) is 10.2 Å². The minimum atomic E-state index is -3.89. The lowest BCUT2D eigenvalue weighted by Gasteiger charge is -2.31. The number of rotatable bonds is 10. The highest BCUT2D eigenvalue weighted by Gasteiger charge is 2.31. The first kappa shape index (κ1) is 25.1. The zero-order valence-electron chi connectivity index (χ0n) is 18.5. The zero-order chi connectivity index (χ0) is 23.9. The Labute approximate surface area is 188 Å². The number of ether oxygens (including phenoxy) is 1. The van der Waals surface area contributed by atoms with Crippen molar-refractivity contribution >= 4 is 27.5 Å². The van der Waals surface area contributed by atoms with Crippen LogP contribution >= 0.6 is 0 Å². The van der Waals surface area contributed by atoms with Crippen molar-refractivity contribution in [1.29, 1.82) is 0 Å². The standard InChI is InChI=1S/C22H28FN3O5S/c1-5-24-22(28)16(2)25(14-17-10-6-7-11-18(17)23)21(27)15-26(32(4,29)30)19-12-8-9-13-20(19)31-3/h6-13,16H,5,14-15H2,1-4H3,(H,24,28)/t16-/m1/s1. The van der Waals surface area contributed by atoms with Gasteiger partial charge in [0.2, 0.25) is 21.8 Å². The van der Waals surface area contributed by atoms with E-state index >= 15 is 0 Å². The molecule has 0 aromatic heterocycles. The lowest BCUT2D eigenvalue weighted by Crippen LogP contribution is -2.51. The van der Waals surface area contributed by atoms with Crippen molar-refractivity contribution in [2.45, 2.75) is 26.4 Å². The van der Waals surface area contributed by atoms with Gasteiger partial charge < -0.3 is 15.0 Å². The quantitative estimate of drug-likeness (QED) is 0.580. The molecule has 0 saturated heterocycles. The molecule has 0 saturated carbocycles. The molecule has 174 valence electrons. The Kier molecular flexibility index (Phi) is 8.59. The zero-order valence-corrected chi connectivity index (χ0v) is 19.4. The van der Waals surface area contributed by atoms with Crippen LogP contribution in [0.25, 0.3) is 0 Å². The second-order valence-electron chi connectivity index (χ2n) is 7.13. The molecule has 8 nitrogen and oxygen atoms in total. The summed E-state index contributed by atoms with van der Waals surface area (Å²) in [6, 6.07) is 11.3. The number of likely N-dealkylation sites (N-methyl/N-ethyl adjacent to an activating group) is 1. The van der Waals surface area contributed by atoms with Gasteiger partial charge in [0.25, 0.3) is 0 Å². The van der Waals surface area contributed by atoms with Gasteiger partial charge in [0.1, 0.15) is 24.2 Å². The van der Waals surface area contributed by atoms with Gasteiger partial charge in [-0.3, -0.25) is 13.9 Å². The van der Waals surface area contributed by atoms with Crippen LogP contribution < -0.4 is 14.4 Å². The van der Waals surface area contributed by atoms with E-state index in [0.29, 0.717) is 6.54 Å². The third-order valence-corrected chi connectivity index (χ3v) is 5.98. The molecule has 0 unspecified atom stereocenters. The largest absolute Gasteiger partial charge is 0.495 e. The number of anilines is 1. The SMILES string of the molecule is CCNC(=O)[C@@H](C)N(Cc1ccccc1F)C(=O)CN(c1ccccc1OC)S(C)(=O)=O. The predicted octanol–water partition coefficient (Wildman–Crippen LogP) is 2.15. The molecule has 0 aliphatic heterocycles. The van der Waals surface area contributed by atoms with E-state index in [0.717, 1.165) is 15.5 Å². The maximum Gasteiger partial charge on any atom is 0.244 e. The maximum absolute atomic E-state index is 14.3. The molecule has 1 atom stereocenters. The number of carbonyl (C=O) groups is 2. The summed E-state index contributed by atoms with van der Waals surface area (Å²) in [7, 11) is -2.49. The number of halogens is 1. The lowest BCUT2D eigenvalue weighted by atomic mass is 10.1. The minimum absolute atomic E-state index is 0.183. The summed E-state index contributed by atoms with van der Waals surface area (Å²) in [6.45, 7) is 2.81. The molecule has 32 heavy (non-hydrogen) atoms. The Balaban J connectivity index is 2.44. The third-order valence-electron chi connectivity index (χ3n) is 4.85. The minimum Gasteiger partial charge on any atom is -0.495 e. The molecule has 0 aliphatic carbocycles. The van der Waals surface area contributed by atoms with E-state index in [1.54, 1.807) is 31.2 Å². The first-order chi connectivity index (χ1) is 15.1. The van der Waals surface area contributed by atoms with Gasteiger partial charge in [-0.05, 0) is 32.0 Å². The van der Waals surface area contributed by atoms with Crippen molar-refractivity contribution in [3.8, 4) is 5.75 Å². The molecule has 2 aromatic rings. The van der Waals surface area contributed by atoms with Crippen LogP contribution in [-0.4, -0.2) is 57.6 Å². The van der Waals surface area contributed by atoms with Crippen LogP contribution in [0, 0.1) is 5.82 Å². The van der Waals surface area contributed by atoms with E-state index < -0.39 is 40.2 Å². The van der Waals surface area contributed by atoms with Gasteiger partial charge in [0.15, 0.2) is 0 Å². The first-order valence-corrected chi connectivity index (χ1v) is 11.9. The number of hydrogen-bond acceptors (Lipinski definition) is 5. The second-order valence-corrected chi connectivity index (χ2v) is 9.03. The molecule has 0 aliphatic rings. The van der Waals surface area contributed by atoms with Gasteiger partial charge in [-0.25, -0.2) is 12.8 Å². The van der Waals surface area contributed by atoms with Gasteiger partial charge in [-0.2, -0.15) is 0 Å². The van der Waals surface area contributed by atoms with Crippen molar-refractivity contribution in [3.63, 3.8) is 0 Å². The summed E-state index contributed by atoms with van der Waals surface area (Å²) in [5.41, 5.74) is 0.391. The van der Waals surface area contributed by atoms with E-state index in [-0.39, 0.29) is 23.5 Å². The van der Waals surface area contributed by atoms with Gasteiger partial charge >= 0.3 is 0 Å². The number of methoxy groups -OCH3 is 1. The number of benzene rings is 2. The van der Waals surface area contributed by atoms with Crippen LogP contribution in [0.1, 0.15) is 19.4 Å². The van der Waals surface area contributed by atoms with Crippen molar-refractivity contribution in [2.24, 2.45) is 0 Å². The monoisotopic (exact) mass is 465 g/mol. The number of hydrogen-bond donors (Lipinski definition) is 1. The van der Waals surface area contributed by atoms with E-state index in [2.05, 4.69) is 5.32 Å². The molecule has 1 N–H and O–H groups in total. The van der Waals surface area contributed by atoms with Crippen molar-refractivity contribution in [3.05, 3.63) is 59.9 Å². The molecule has 2 amide bonds. The smallest absolute Gasteiger partial charge is 0.244 e. The fraction of sp³-hybridized carbons (Fsp3) is 0.364. The fourth-order valence-electron chi connectivity index (χ4n) is 3.15. The Hall–Kier alpha value is -3.14. The number of amides is 2. The molecule has 0 radical (unpaired) electrons. The fourth-order valence-corrected chi connectivity index (χ4v) is 4.00. The van der Waals surface area contributed by atoms with Crippen molar-refractivity contribution < 1.29 is 27.1 Å². The summed E-state index contributed by atoms with van der Waals surface area (Å²) in [5, 5.41) is 2.64. The number of nitrogens with zero attached hydrogens (tertiary/aromatic N) is 2. The van der Waals surface area contributed by atoms with Gasteiger partial charge in [-0.1, -0.05) is 30.3 Å². The highest BCUT2D eigenvalue weighted by atomic mass is 32.2. The average molecular weight is 466 g/mol. The van der Waals surface area contributed by atoms with Crippen LogP contribution in [0.5, 0.6) is 5.75 Å². The molecular formula is C22H28FN3O5S. The van der Waals surface area contributed by atoms with E-state index in [1.165, 1.54) is 38.3 Å². The Morgan fingerprint density at radius 3 is 2.34 bits per heavy atom. The average Bonchev–Trinajstić information content (AvgIpc) is 2.75. The third kappa shape index (κ3) is 6.19. The number of sulfonamides is 1. The maximum atomic E-state index is 14.3. The first-order valence-electron chi connectivity index (χ1n) is 10.0. The molecular weight excluding hydrogens is 437 g/mol. The summed E-state index contributed by atoms with van der Waals surface area (Å²) in [5.74, 6) is -1.36. The van der Waals surface area contributed by atoms with E-state index in [9.17, 15) is 22.4 Å². The molecule has 0 bridgehead atoms. The van der Waals surface area contributed by atoms with Crippen LogP contribution in [0.2, 0.25) is 0 Å². The highest BCUT2D eigenvalue weighted by molar-refractivity contribution is 7.92. The normalized spacial score (nSPS) is 12.0. The second kappa shape index (κ2) is 10.9. The molecule has 0 spiro atoms. The summed E-state index contributed by atoms with van der Waals surface area (Å²) in [6.07, 6.45) is 0.973. The Morgan fingerprint density at radius 1 is 1.12 bits per heavy atom. The van der Waals surface area contributed by atoms with E-state index in [1.807, 2.05) is 0 Å². The van der Waals surface area contributed by atoms with Crippen LogP contribution in [0.3, 0.4) is 0 Å². The summed E-state index contributed by atoms with van der Waals surface area (Å²) >= 11 is 0. The van der Waals surface area contributed by atoms with Gasteiger partial charge in [0, 0.05) is 18.7 Å². The molecule has 0 fully saturated rings. The molecule has 0 heterocycles. The van der Waals surface area contributed by atoms with E-state index in [4.69, 9.17) is 4.74 Å². The molecule has 10 heteroatoms. The molecule has 2 rings (SSSR count). The lowest BCUT2D eigenvalue weighted by molar-refractivity contribution is -0.139.